The zero-order valence-corrected chi connectivity index (χ0v) is 11.9. The highest BCUT2D eigenvalue weighted by molar-refractivity contribution is 9.10. The van der Waals surface area contributed by atoms with Crippen LogP contribution in [0.5, 0.6) is 0 Å². The lowest BCUT2D eigenvalue weighted by atomic mass is 10.3. The van der Waals surface area contributed by atoms with Crippen LogP contribution in [0, 0.1) is 0 Å². The van der Waals surface area contributed by atoms with Gasteiger partial charge in [-0.15, -0.1) is 0 Å². The van der Waals surface area contributed by atoms with Crippen molar-refractivity contribution in [1.29, 1.82) is 0 Å². The number of urea groups is 1. The molecular weight excluding hydrogens is 307 g/mol. The lowest BCUT2D eigenvalue weighted by Crippen LogP contribution is -2.38. The van der Waals surface area contributed by atoms with Crippen molar-refractivity contribution < 1.29 is 9.53 Å². The molecule has 0 radical (unpaired) electrons. The molecule has 0 bridgehead atoms. The summed E-state index contributed by atoms with van der Waals surface area (Å²) in [6.07, 6.45) is 0. The fourth-order valence-corrected chi connectivity index (χ4v) is 2.05. The van der Waals surface area contributed by atoms with Gasteiger partial charge in [-0.05, 0) is 41.1 Å². The lowest BCUT2D eigenvalue weighted by molar-refractivity contribution is 0.173. The number of carbonyl (C=O) groups is 1. The second-order valence-corrected chi connectivity index (χ2v) is 4.87. The van der Waals surface area contributed by atoms with Crippen molar-refractivity contribution in [2.75, 3.05) is 19.0 Å². The van der Waals surface area contributed by atoms with Gasteiger partial charge in [0.05, 0.1) is 18.3 Å². The van der Waals surface area contributed by atoms with Crippen LogP contribution in [0.3, 0.4) is 0 Å². The van der Waals surface area contributed by atoms with Gasteiger partial charge < -0.3 is 15.4 Å². The summed E-state index contributed by atoms with van der Waals surface area (Å²) >= 11 is 9.13. The third-order valence-electron chi connectivity index (χ3n) is 1.97. The Kier molecular flexibility index (Phi) is 5.74. The molecule has 0 spiro atoms. The van der Waals surface area contributed by atoms with Crippen molar-refractivity contribution >= 4 is 39.2 Å². The molecule has 4 nitrogen and oxygen atoms in total. The van der Waals surface area contributed by atoms with E-state index in [1.54, 1.807) is 25.3 Å². The number of methoxy groups -OCH3 is 1. The molecule has 0 heterocycles. The second-order valence-electron chi connectivity index (χ2n) is 3.58. The highest BCUT2D eigenvalue weighted by Crippen LogP contribution is 2.25. The van der Waals surface area contributed by atoms with Crippen molar-refractivity contribution in [1.82, 2.24) is 5.32 Å². The summed E-state index contributed by atoms with van der Waals surface area (Å²) in [6.45, 7) is 2.33. The molecule has 2 amide bonds. The highest BCUT2D eigenvalue weighted by atomic mass is 79.9. The van der Waals surface area contributed by atoms with E-state index in [2.05, 4.69) is 26.6 Å². The fraction of sp³-hybridized carbons (Fsp3) is 0.364. The van der Waals surface area contributed by atoms with E-state index >= 15 is 0 Å². The first-order chi connectivity index (χ1) is 8.02. The molecule has 17 heavy (non-hydrogen) atoms. The van der Waals surface area contributed by atoms with E-state index in [0.29, 0.717) is 17.3 Å². The summed E-state index contributed by atoms with van der Waals surface area (Å²) < 4.78 is 5.66. The summed E-state index contributed by atoms with van der Waals surface area (Å²) in [7, 11) is 1.59. The van der Waals surface area contributed by atoms with Gasteiger partial charge in [0.25, 0.3) is 0 Å². The Morgan fingerprint density at radius 1 is 1.59 bits per heavy atom. The number of halogens is 2. The van der Waals surface area contributed by atoms with E-state index < -0.39 is 0 Å². The van der Waals surface area contributed by atoms with E-state index in [9.17, 15) is 4.79 Å². The molecule has 1 rings (SSSR count). The molecule has 0 aliphatic heterocycles. The summed E-state index contributed by atoms with van der Waals surface area (Å²) in [4.78, 5) is 11.6. The lowest BCUT2D eigenvalue weighted by Gasteiger charge is -2.14. The molecular formula is C11H14BrClN2O2. The molecule has 1 atom stereocenters. The number of nitrogens with one attached hydrogen (secondary N) is 2. The maximum Gasteiger partial charge on any atom is 0.319 e. The molecule has 0 aliphatic carbocycles. The average Bonchev–Trinajstić information content (AvgIpc) is 2.22. The Labute approximate surface area is 114 Å². The smallest absolute Gasteiger partial charge is 0.319 e. The van der Waals surface area contributed by atoms with Crippen LogP contribution in [-0.4, -0.2) is 25.8 Å². The van der Waals surface area contributed by atoms with Crippen LogP contribution in [0.4, 0.5) is 10.5 Å². The van der Waals surface area contributed by atoms with Gasteiger partial charge in [-0.3, -0.25) is 0 Å². The summed E-state index contributed by atoms with van der Waals surface area (Å²) in [5.41, 5.74) is 0.663. The molecule has 2 N–H and O–H groups in total. The largest absolute Gasteiger partial charge is 0.383 e. The standard InChI is InChI=1S/C11H14BrClN2O2/c1-7(6-17-2)14-11(16)15-10-4-3-8(13)5-9(10)12/h3-5,7H,6H2,1-2H3,(H2,14,15,16). The first-order valence-corrected chi connectivity index (χ1v) is 6.21. The van der Waals surface area contributed by atoms with Crippen LogP contribution >= 0.6 is 27.5 Å². The van der Waals surface area contributed by atoms with Gasteiger partial charge in [-0.25, -0.2) is 4.79 Å². The Balaban J connectivity index is 2.56. The molecule has 0 fully saturated rings. The van der Waals surface area contributed by atoms with Gasteiger partial charge >= 0.3 is 6.03 Å². The predicted molar refractivity (Wildman–Crippen MR) is 72.6 cm³/mol. The third-order valence-corrected chi connectivity index (χ3v) is 2.86. The van der Waals surface area contributed by atoms with Gasteiger partial charge in [0.2, 0.25) is 0 Å². The third kappa shape index (κ3) is 4.93. The zero-order chi connectivity index (χ0) is 12.8. The first kappa shape index (κ1) is 14.3. The Morgan fingerprint density at radius 3 is 2.88 bits per heavy atom. The summed E-state index contributed by atoms with van der Waals surface area (Å²) in [5.74, 6) is 0. The number of rotatable bonds is 4. The van der Waals surface area contributed by atoms with Crippen LogP contribution < -0.4 is 10.6 Å². The van der Waals surface area contributed by atoms with E-state index in [0.717, 1.165) is 4.47 Å². The maximum atomic E-state index is 11.6. The van der Waals surface area contributed by atoms with Crippen LogP contribution in [0.2, 0.25) is 5.02 Å². The maximum absolute atomic E-state index is 11.6. The number of hydrogen-bond acceptors (Lipinski definition) is 2. The monoisotopic (exact) mass is 320 g/mol. The normalized spacial score (nSPS) is 12.0. The second kappa shape index (κ2) is 6.83. The number of ether oxygens (including phenoxy) is 1. The van der Waals surface area contributed by atoms with Crippen molar-refractivity contribution in [3.8, 4) is 0 Å². The van der Waals surface area contributed by atoms with E-state index in [1.807, 2.05) is 6.92 Å². The van der Waals surface area contributed by atoms with Crippen molar-refractivity contribution in [3.63, 3.8) is 0 Å². The number of benzene rings is 1. The molecule has 94 valence electrons. The SMILES string of the molecule is COCC(C)NC(=O)Nc1ccc(Cl)cc1Br. The van der Waals surface area contributed by atoms with Gasteiger partial charge in [-0.2, -0.15) is 0 Å². The Bertz CT molecular complexity index is 401. The van der Waals surface area contributed by atoms with Crippen LogP contribution in [0.15, 0.2) is 22.7 Å². The van der Waals surface area contributed by atoms with Gasteiger partial charge in [0, 0.05) is 16.6 Å². The predicted octanol–water partition coefficient (Wildman–Crippen LogP) is 3.26. The van der Waals surface area contributed by atoms with Crippen molar-refractivity contribution in [2.24, 2.45) is 0 Å². The van der Waals surface area contributed by atoms with Gasteiger partial charge in [-0.1, -0.05) is 11.6 Å². The van der Waals surface area contributed by atoms with Gasteiger partial charge in [0.15, 0.2) is 0 Å². The minimum Gasteiger partial charge on any atom is -0.383 e. The molecule has 1 unspecified atom stereocenters. The first-order valence-electron chi connectivity index (χ1n) is 5.04. The van der Waals surface area contributed by atoms with Gasteiger partial charge in [0.1, 0.15) is 0 Å². The Morgan fingerprint density at radius 2 is 2.29 bits per heavy atom. The molecule has 6 heteroatoms. The average molecular weight is 322 g/mol. The van der Waals surface area contributed by atoms with Crippen molar-refractivity contribution in [2.45, 2.75) is 13.0 Å². The van der Waals surface area contributed by atoms with E-state index in [4.69, 9.17) is 16.3 Å². The van der Waals surface area contributed by atoms with E-state index in [-0.39, 0.29) is 12.1 Å². The van der Waals surface area contributed by atoms with Crippen LogP contribution in [-0.2, 0) is 4.74 Å². The molecule has 0 saturated heterocycles. The topological polar surface area (TPSA) is 50.4 Å². The minimum absolute atomic E-state index is 0.0499. The zero-order valence-electron chi connectivity index (χ0n) is 9.59. The van der Waals surface area contributed by atoms with Crippen LogP contribution in [0.1, 0.15) is 6.92 Å². The summed E-state index contributed by atoms with van der Waals surface area (Å²) in [6, 6.07) is 4.83. The quantitative estimate of drug-likeness (QED) is 0.894. The Hall–Kier alpha value is -0.780. The molecule has 0 aliphatic rings. The van der Waals surface area contributed by atoms with E-state index in [1.165, 1.54) is 0 Å². The van der Waals surface area contributed by atoms with Crippen LogP contribution in [0.25, 0.3) is 0 Å². The molecule has 1 aromatic rings. The molecule has 0 saturated carbocycles. The molecule has 1 aromatic carbocycles. The van der Waals surface area contributed by atoms with Crippen molar-refractivity contribution in [3.05, 3.63) is 27.7 Å². The summed E-state index contributed by atoms with van der Waals surface area (Å²) in [5, 5.41) is 6.06. The molecule has 0 aromatic heterocycles. The fourth-order valence-electron chi connectivity index (χ4n) is 1.26. The highest BCUT2D eigenvalue weighted by Gasteiger charge is 2.08. The number of carbonyl (C=O) groups excluding carboxylic acids is 1. The number of anilines is 1. The number of amides is 2. The number of hydrogen-bond donors (Lipinski definition) is 2. The minimum atomic E-state index is -0.280.